The van der Waals surface area contributed by atoms with Gasteiger partial charge in [0.25, 0.3) is 0 Å². The fourth-order valence-electron chi connectivity index (χ4n) is 0.185. The summed E-state index contributed by atoms with van der Waals surface area (Å²) in [6.07, 6.45) is 2.27. The van der Waals surface area contributed by atoms with Crippen molar-refractivity contribution in [3.63, 3.8) is 0 Å². The van der Waals surface area contributed by atoms with Crippen molar-refractivity contribution < 1.29 is 0 Å². The van der Waals surface area contributed by atoms with Crippen LogP contribution in [-0.4, -0.2) is 5.71 Å². The molecule has 0 unspecified atom stereocenters. The molecule has 0 spiro atoms. The number of hydrazone groups is 1. The zero-order chi connectivity index (χ0) is 3.70. The molecular formula is C3H6N2. The lowest BCUT2D eigenvalue weighted by Crippen LogP contribution is -1.77. The molecule has 0 aliphatic heterocycles. The van der Waals surface area contributed by atoms with Crippen molar-refractivity contribution in [3.05, 3.63) is 0 Å². The third-order valence-electron chi connectivity index (χ3n) is 0.656. The first-order chi connectivity index (χ1) is 2.43. The van der Waals surface area contributed by atoms with E-state index >= 15 is 0 Å². The maximum atomic E-state index is 4.82. The minimum atomic E-state index is 1.14. The van der Waals surface area contributed by atoms with Gasteiger partial charge in [0, 0.05) is 5.71 Å². The van der Waals surface area contributed by atoms with E-state index in [-0.39, 0.29) is 0 Å². The summed E-state index contributed by atoms with van der Waals surface area (Å²) in [5, 5.41) is 3.42. The normalized spacial score (nSPS) is 18.8. The van der Waals surface area contributed by atoms with Gasteiger partial charge < -0.3 is 5.84 Å². The molecule has 2 nitrogen and oxygen atoms in total. The van der Waals surface area contributed by atoms with Gasteiger partial charge in [-0.15, -0.1) is 0 Å². The Kier molecular flexibility index (Phi) is 0.381. The molecule has 0 aromatic rings. The molecule has 0 bridgehead atoms. The molecule has 0 aromatic carbocycles. The Balaban J connectivity index is 2.46. The second-order valence-electron chi connectivity index (χ2n) is 1.20. The van der Waals surface area contributed by atoms with Crippen molar-refractivity contribution >= 4 is 5.71 Å². The van der Waals surface area contributed by atoms with Gasteiger partial charge in [0.1, 0.15) is 0 Å². The fourth-order valence-corrected chi connectivity index (χ4v) is 0.185. The Labute approximate surface area is 30.7 Å². The molecule has 0 radical (unpaired) electrons. The zero-order valence-corrected chi connectivity index (χ0v) is 2.94. The van der Waals surface area contributed by atoms with Gasteiger partial charge in [-0.3, -0.25) is 0 Å². The van der Waals surface area contributed by atoms with E-state index in [0.29, 0.717) is 0 Å². The van der Waals surface area contributed by atoms with Crippen LogP contribution in [0.5, 0.6) is 0 Å². The van der Waals surface area contributed by atoms with Crippen LogP contribution in [0, 0.1) is 0 Å². The first kappa shape index (κ1) is 2.69. The molecular weight excluding hydrogens is 64.0 g/mol. The molecule has 2 heteroatoms. The van der Waals surface area contributed by atoms with Crippen LogP contribution in [0.2, 0.25) is 0 Å². The maximum Gasteiger partial charge on any atom is 0.0383 e. The summed E-state index contributed by atoms with van der Waals surface area (Å²) in [4.78, 5) is 0. The number of hydrogen-bond acceptors (Lipinski definition) is 2. The van der Waals surface area contributed by atoms with E-state index in [1.807, 2.05) is 0 Å². The van der Waals surface area contributed by atoms with Gasteiger partial charge in [-0.2, -0.15) is 5.10 Å². The van der Waals surface area contributed by atoms with E-state index < -0.39 is 0 Å². The molecule has 2 N–H and O–H groups in total. The highest BCUT2D eigenvalue weighted by molar-refractivity contribution is 5.97. The van der Waals surface area contributed by atoms with Crippen molar-refractivity contribution in [2.45, 2.75) is 12.8 Å². The highest BCUT2D eigenvalue weighted by atomic mass is 15.1. The van der Waals surface area contributed by atoms with Crippen LogP contribution in [0.3, 0.4) is 0 Å². The largest absolute Gasteiger partial charge is 0.323 e. The monoisotopic (exact) mass is 70.1 g/mol. The summed E-state index contributed by atoms with van der Waals surface area (Å²) in [7, 11) is 0. The summed E-state index contributed by atoms with van der Waals surface area (Å²) >= 11 is 0. The standard InChI is InChI=1S/C3H6N2/c4-5-3-1-2-3/h1-2,4H2. The molecule has 0 aromatic heterocycles. The van der Waals surface area contributed by atoms with E-state index in [9.17, 15) is 0 Å². The topological polar surface area (TPSA) is 38.4 Å². The quantitative estimate of drug-likeness (QED) is 0.318. The second kappa shape index (κ2) is 0.708. The highest BCUT2D eigenvalue weighted by Gasteiger charge is 2.10. The summed E-state index contributed by atoms with van der Waals surface area (Å²) < 4.78 is 0. The number of nitrogens with two attached hydrogens (primary N) is 1. The lowest BCUT2D eigenvalue weighted by molar-refractivity contribution is 1.26. The van der Waals surface area contributed by atoms with Gasteiger partial charge in [0.2, 0.25) is 0 Å². The first-order valence-corrected chi connectivity index (χ1v) is 1.69. The molecule has 1 rings (SSSR count). The Hall–Kier alpha value is -0.530. The van der Waals surface area contributed by atoms with Gasteiger partial charge >= 0.3 is 0 Å². The van der Waals surface area contributed by atoms with Crippen molar-refractivity contribution in [2.75, 3.05) is 0 Å². The average molecular weight is 70.1 g/mol. The molecule has 0 saturated heterocycles. The Morgan fingerprint density at radius 1 is 1.60 bits per heavy atom. The van der Waals surface area contributed by atoms with Crippen LogP contribution in [0.15, 0.2) is 5.10 Å². The van der Waals surface area contributed by atoms with Crippen LogP contribution < -0.4 is 5.84 Å². The third kappa shape index (κ3) is 0.375. The lowest BCUT2D eigenvalue weighted by Gasteiger charge is -1.58. The first-order valence-electron chi connectivity index (χ1n) is 1.69. The summed E-state index contributed by atoms with van der Waals surface area (Å²) in [6.45, 7) is 0. The highest BCUT2D eigenvalue weighted by Crippen LogP contribution is 2.11. The van der Waals surface area contributed by atoms with Crippen LogP contribution in [0.25, 0.3) is 0 Å². The molecule has 0 atom stereocenters. The molecule has 28 valence electrons. The van der Waals surface area contributed by atoms with E-state index in [4.69, 9.17) is 5.84 Å². The van der Waals surface area contributed by atoms with Crippen LogP contribution in [-0.2, 0) is 0 Å². The number of nitrogens with zero attached hydrogens (tertiary/aromatic N) is 1. The molecule has 1 saturated carbocycles. The third-order valence-corrected chi connectivity index (χ3v) is 0.656. The van der Waals surface area contributed by atoms with E-state index in [0.717, 1.165) is 18.6 Å². The van der Waals surface area contributed by atoms with Crippen LogP contribution >= 0.6 is 0 Å². The molecule has 5 heavy (non-hydrogen) atoms. The van der Waals surface area contributed by atoms with Crippen molar-refractivity contribution in [1.82, 2.24) is 0 Å². The average Bonchev–Trinajstić information content (AvgIpc) is 2.12. The van der Waals surface area contributed by atoms with Gasteiger partial charge in [0.15, 0.2) is 0 Å². The van der Waals surface area contributed by atoms with E-state index in [1.54, 1.807) is 0 Å². The van der Waals surface area contributed by atoms with Crippen LogP contribution in [0.1, 0.15) is 12.8 Å². The minimum Gasteiger partial charge on any atom is -0.323 e. The summed E-state index contributed by atoms with van der Waals surface area (Å²) in [5.74, 6) is 4.82. The van der Waals surface area contributed by atoms with E-state index in [2.05, 4.69) is 5.10 Å². The fraction of sp³-hybridized carbons (Fsp3) is 0.667. The zero-order valence-electron chi connectivity index (χ0n) is 2.94. The smallest absolute Gasteiger partial charge is 0.0383 e. The van der Waals surface area contributed by atoms with Crippen molar-refractivity contribution in [1.29, 1.82) is 0 Å². The summed E-state index contributed by atoms with van der Waals surface area (Å²) in [5.41, 5.74) is 1.16. The van der Waals surface area contributed by atoms with Crippen molar-refractivity contribution in [2.24, 2.45) is 10.9 Å². The summed E-state index contributed by atoms with van der Waals surface area (Å²) in [6, 6.07) is 0. The van der Waals surface area contributed by atoms with E-state index in [1.165, 1.54) is 0 Å². The van der Waals surface area contributed by atoms with Crippen LogP contribution in [0.4, 0.5) is 0 Å². The predicted octanol–water partition coefficient (Wildman–Crippen LogP) is 0.0949. The maximum absolute atomic E-state index is 4.82. The number of rotatable bonds is 0. The Morgan fingerprint density at radius 3 is 2.20 bits per heavy atom. The van der Waals surface area contributed by atoms with Gasteiger partial charge in [-0.25, -0.2) is 0 Å². The lowest BCUT2D eigenvalue weighted by atomic mass is 10.9. The van der Waals surface area contributed by atoms with Crippen molar-refractivity contribution in [3.8, 4) is 0 Å². The molecule has 0 heterocycles. The second-order valence-corrected chi connectivity index (χ2v) is 1.20. The number of hydrogen-bond donors (Lipinski definition) is 1. The Morgan fingerprint density at radius 2 is 2.20 bits per heavy atom. The minimum absolute atomic E-state index is 1.14. The SMILES string of the molecule is NN=C1CC1. The predicted molar refractivity (Wildman–Crippen MR) is 20.9 cm³/mol. The molecule has 1 aliphatic carbocycles. The van der Waals surface area contributed by atoms with Gasteiger partial charge in [-0.1, -0.05) is 0 Å². The van der Waals surface area contributed by atoms with Gasteiger partial charge in [-0.05, 0) is 12.8 Å². The Bertz CT molecular complexity index is 59.3. The molecule has 1 aliphatic rings. The van der Waals surface area contributed by atoms with Gasteiger partial charge in [0.05, 0.1) is 0 Å². The molecule has 0 amide bonds. The molecule has 1 fully saturated rings.